The molecule has 0 spiro atoms. The van der Waals surface area contributed by atoms with Crippen molar-refractivity contribution in [2.24, 2.45) is 17.3 Å². The number of nitrogens with zero attached hydrogens (tertiary/aromatic N) is 3. The summed E-state index contributed by atoms with van der Waals surface area (Å²) in [5.41, 5.74) is -2.16. The molecule has 2 N–H and O–H groups in total. The molecule has 12 heteroatoms. The van der Waals surface area contributed by atoms with E-state index in [4.69, 9.17) is 23.2 Å². The number of pyridine rings is 1. The van der Waals surface area contributed by atoms with Crippen molar-refractivity contribution in [1.82, 2.24) is 9.88 Å². The highest BCUT2D eigenvalue weighted by molar-refractivity contribution is 6.39. The van der Waals surface area contributed by atoms with Crippen LogP contribution in [0, 0.1) is 17.3 Å². The number of aliphatic hydroxyl groups is 2. The summed E-state index contributed by atoms with van der Waals surface area (Å²) in [7, 11) is 0. The van der Waals surface area contributed by atoms with Crippen LogP contribution in [0.2, 0.25) is 10.0 Å². The van der Waals surface area contributed by atoms with E-state index in [9.17, 15) is 33.0 Å². The number of alkyl halides is 3. The highest BCUT2D eigenvalue weighted by atomic mass is 35.5. The maximum Gasteiger partial charge on any atom is 0.478 e. The second-order valence-corrected chi connectivity index (χ2v) is 12.4. The van der Waals surface area contributed by atoms with Gasteiger partial charge in [0.15, 0.2) is 29.4 Å². The van der Waals surface area contributed by atoms with Crippen LogP contribution < -0.4 is 0 Å². The molecule has 3 rings (SSSR count). The van der Waals surface area contributed by atoms with Crippen LogP contribution >= 0.6 is 23.2 Å². The SMILES string of the molecule is CC1CC([N+]2=C(C(F)(F)F)C(C(=O)N(CC(=O)c3c(Cl)cncc3Cl)CC(C)(C)C)=C2)CCC1C(C)(O)O. The van der Waals surface area contributed by atoms with E-state index in [1.807, 2.05) is 0 Å². The average molecular weight is 579 g/mol. The standard InChI is InChI=1S/C26H33Cl2F3N3O4/c1-14-8-15(6-7-17(14)25(5,37)38)34-11-16(22(34)26(29,30)31)23(36)33(13-24(2,3)4)12-20(35)21-18(27)9-32-10-19(21)28/h9-11,14-15,17,37-38H,6-8,12-13H2,1-5H3/q+1. The highest BCUT2D eigenvalue weighted by Gasteiger charge is 2.57. The van der Waals surface area contributed by atoms with Gasteiger partial charge >= 0.3 is 11.9 Å². The third-order valence-electron chi connectivity index (χ3n) is 6.94. The van der Waals surface area contributed by atoms with Crippen molar-refractivity contribution < 1.29 is 37.5 Å². The van der Waals surface area contributed by atoms with Gasteiger partial charge < -0.3 is 15.1 Å². The van der Waals surface area contributed by atoms with E-state index in [0.717, 1.165) is 9.48 Å². The second kappa shape index (κ2) is 10.9. The molecular weight excluding hydrogens is 546 g/mol. The second-order valence-electron chi connectivity index (χ2n) is 11.6. The number of halogens is 5. The molecule has 0 saturated heterocycles. The lowest BCUT2D eigenvalue weighted by Crippen LogP contribution is -2.53. The Bertz CT molecular complexity index is 1150. The Hall–Kier alpha value is -2.01. The van der Waals surface area contributed by atoms with Crippen molar-refractivity contribution in [1.29, 1.82) is 0 Å². The molecule has 2 heterocycles. The molecule has 38 heavy (non-hydrogen) atoms. The van der Waals surface area contributed by atoms with Gasteiger partial charge in [0.1, 0.15) is 0 Å². The largest absolute Gasteiger partial charge is 0.478 e. The van der Waals surface area contributed by atoms with E-state index in [-0.39, 0.29) is 28.1 Å². The fourth-order valence-electron chi connectivity index (χ4n) is 5.39. The summed E-state index contributed by atoms with van der Waals surface area (Å²) in [5, 5.41) is 19.9. The first-order valence-electron chi connectivity index (χ1n) is 12.3. The summed E-state index contributed by atoms with van der Waals surface area (Å²) in [6, 6.07) is -0.552. The van der Waals surface area contributed by atoms with Crippen LogP contribution in [0.4, 0.5) is 13.2 Å². The van der Waals surface area contributed by atoms with Crippen LogP contribution in [0.1, 0.15) is 64.2 Å². The quantitative estimate of drug-likeness (QED) is 0.273. The molecule has 1 aromatic heterocycles. The van der Waals surface area contributed by atoms with Crippen molar-refractivity contribution in [3.63, 3.8) is 0 Å². The smallest absolute Gasteiger partial charge is 0.366 e. The van der Waals surface area contributed by atoms with Gasteiger partial charge in [0.05, 0.1) is 22.2 Å². The zero-order chi connectivity index (χ0) is 28.8. The van der Waals surface area contributed by atoms with Crippen LogP contribution in [0.5, 0.6) is 0 Å². The first-order chi connectivity index (χ1) is 17.3. The summed E-state index contributed by atoms with van der Waals surface area (Å²) in [6.07, 6.45) is -0.251. The third kappa shape index (κ3) is 6.76. The van der Waals surface area contributed by atoms with Crippen LogP contribution in [-0.2, 0) is 4.79 Å². The fourth-order valence-corrected chi connectivity index (χ4v) is 5.96. The number of carbonyl (C=O) groups excluding carboxylic acids is 2. The van der Waals surface area contributed by atoms with Crippen molar-refractivity contribution in [3.8, 4) is 0 Å². The van der Waals surface area contributed by atoms with Gasteiger partial charge in [-0.1, -0.05) is 50.9 Å². The molecule has 210 valence electrons. The Balaban J connectivity index is 1.89. The fraction of sp³-hybridized carbons (Fsp3) is 0.615. The Morgan fingerprint density at radius 3 is 2.16 bits per heavy atom. The molecule has 0 bridgehead atoms. The molecule has 2 aliphatic rings. The number of amides is 1. The predicted molar refractivity (Wildman–Crippen MR) is 137 cm³/mol. The molecule has 1 aliphatic carbocycles. The molecule has 7 nitrogen and oxygen atoms in total. The third-order valence-corrected chi connectivity index (χ3v) is 7.51. The Morgan fingerprint density at radius 2 is 1.68 bits per heavy atom. The number of aromatic nitrogens is 1. The lowest BCUT2D eigenvalue weighted by molar-refractivity contribution is -0.526. The van der Waals surface area contributed by atoms with E-state index in [1.165, 1.54) is 25.5 Å². The average Bonchev–Trinajstić information content (AvgIpc) is 2.69. The summed E-state index contributed by atoms with van der Waals surface area (Å²) < 4.78 is 43.8. The number of hydrogen-bond donors (Lipinski definition) is 2. The first-order valence-corrected chi connectivity index (χ1v) is 13.1. The molecule has 3 unspecified atom stereocenters. The van der Waals surface area contributed by atoms with Crippen LogP contribution in [0.3, 0.4) is 0 Å². The zero-order valence-electron chi connectivity index (χ0n) is 21.9. The Morgan fingerprint density at radius 1 is 1.11 bits per heavy atom. The molecule has 1 aliphatic heterocycles. The topological polar surface area (TPSA) is 93.7 Å². The van der Waals surface area contributed by atoms with E-state index >= 15 is 0 Å². The minimum Gasteiger partial charge on any atom is -0.366 e. The minimum absolute atomic E-state index is 0.00803. The number of hydrogen-bond acceptors (Lipinski definition) is 5. The first kappa shape index (κ1) is 30.5. The highest BCUT2D eigenvalue weighted by Crippen LogP contribution is 2.40. The van der Waals surface area contributed by atoms with Crippen molar-refractivity contribution >= 4 is 40.6 Å². The predicted octanol–water partition coefficient (Wildman–Crippen LogP) is 4.86. The van der Waals surface area contributed by atoms with Crippen LogP contribution in [0.25, 0.3) is 0 Å². The molecule has 3 atom stereocenters. The maximum atomic E-state index is 14.2. The van der Waals surface area contributed by atoms with Gasteiger partial charge in [-0.05, 0) is 24.7 Å². The van der Waals surface area contributed by atoms with E-state index in [1.54, 1.807) is 27.7 Å². The van der Waals surface area contributed by atoms with E-state index in [2.05, 4.69) is 4.98 Å². The van der Waals surface area contributed by atoms with Gasteiger partial charge in [-0.2, -0.15) is 17.7 Å². The minimum atomic E-state index is -4.81. The van der Waals surface area contributed by atoms with Gasteiger partial charge in [-0.25, -0.2) is 0 Å². The van der Waals surface area contributed by atoms with Gasteiger partial charge in [-0.3, -0.25) is 14.6 Å². The Labute approximate surface area is 229 Å². The molecule has 1 saturated carbocycles. The lowest BCUT2D eigenvalue weighted by atomic mass is 9.73. The van der Waals surface area contributed by atoms with Gasteiger partial charge in [-0.15, -0.1) is 0 Å². The number of ketones is 1. The van der Waals surface area contributed by atoms with Crippen molar-refractivity contribution in [2.45, 2.75) is 71.9 Å². The van der Waals surface area contributed by atoms with E-state index in [0.29, 0.717) is 19.3 Å². The maximum absolute atomic E-state index is 14.2. The number of carbonyl (C=O) groups is 2. The number of Topliss-reactive ketones (excluding diaryl/α,β-unsaturated/α-hetero) is 1. The van der Waals surface area contributed by atoms with Crippen LogP contribution in [-0.4, -0.2) is 73.2 Å². The lowest BCUT2D eigenvalue weighted by Gasteiger charge is -2.39. The van der Waals surface area contributed by atoms with E-state index < -0.39 is 58.9 Å². The number of rotatable bonds is 7. The summed E-state index contributed by atoms with van der Waals surface area (Å²) in [6.45, 7) is 7.95. The van der Waals surface area contributed by atoms with Crippen LogP contribution in [0.15, 0.2) is 24.2 Å². The van der Waals surface area contributed by atoms with Gasteiger partial charge in [0.2, 0.25) is 0 Å². The molecule has 1 aromatic rings. The van der Waals surface area contributed by atoms with Gasteiger partial charge in [0, 0.05) is 37.7 Å². The summed E-state index contributed by atoms with van der Waals surface area (Å²) >= 11 is 12.2. The normalized spacial score (nSPS) is 22.6. The van der Waals surface area contributed by atoms with Gasteiger partial charge in [0.25, 0.3) is 5.91 Å². The monoisotopic (exact) mass is 578 g/mol. The molecule has 1 fully saturated rings. The zero-order valence-corrected chi connectivity index (χ0v) is 23.5. The van der Waals surface area contributed by atoms with Crippen molar-refractivity contribution in [2.75, 3.05) is 13.1 Å². The van der Waals surface area contributed by atoms with Crippen molar-refractivity contribution in [3.05, 3.63) is 39.8 Å². The molecule has 1 amide bonds. The molecule has 0 aromatic carbocycles. The molecular formula is C26H33Cl2F3N3O4+. The summed E-state index contributed by atoms with van der Waals surface area (Å²) in [5.74, 6) is -4.18. The Kier molecular flexibility index (Phi) is 8.73. The summed E-state index contributed by atoms with van der Waals surface area (Å²) in [4.78, 5) is 31.4. The molecule has 0 radical (unpaired) electrons.